The molecule has 0 fully saturated rings. The summed E-state index contributed by atoms with van der Waals surface area (Å²) in [4.78, 5) is 11.3. The van der Waals surface area contributed by atoms with Gasteiger partial charge in [-0.3, -0.25) is 4.79 Å². The van der Waals surface area contributed by atoms with Crippen molar-refractivity contribution in [3.63, 3.8) is 0 Å². The third-order valence-corrected chi connectivity index (χ3v) is 2.81. The molecule has 58 valence electrons. The van der Waals surface area contributed by atoms with Crippen LogP contribution in [-0.4, -0.2) is 11.0 Å². The lowest BCUT2D eigenvalue weighted by atomic mass is 10.1. The van der Waals surface area contributed by atoms with E-state index < -0.39 is 0 Å². The summed E-state index contributed by atoms with van der Waals surface area (Å²) in [5, 5.41) is 1.15. The summed E-state index contributed by atoms with van der Waals surface area (Å²) >= 11 is 1.63. The Labute approximate surface area is 69.0 Å². The third kappa shape index (κ3) is 1.09. The minimum atomic E-state index is 0.208. The van der Waals surface area contributed by atoms with E-state index >= 15 is 0 Å². The molecule has 1 atom stereocenters. The molecule has 0 bridgehead atoms. The largest absolute Gasteiger partial charge is 0.457 e. The van der Waals surface area contributed by atoms with Gasteiger partial charge in [0.05, 0.1) is 11.8 Å². The molecule has 0 amide bonds. The molecule has 0 N–H and O–H groups in total. The zero-order valence-corrected chi connectivity index (χ0v) is 6.98. The number of rotatable bonds is 0. The predicted octanol–water partition coefficient (Wildman–Crippen LogP) is 2.35. The van der Waals surface area contributed by atoms with Crippen LogP contribution in [0.4, 0.5) is 0 Å². The Bertz CT molecular complexity index is 290. The van der Waals surface area contributed by atoms with E-state index in [0.29, 0.717) is 11.7 Å². The molecule has 0 radical (unpaired) electrons. The van der Waals surface area contributed by atoms with Crippen LogP contribution in [0.25, 0.3) is 0 Å². The first-order chi connectivity index (χ1) is 5.27. The first kappa shape index (κ1) is 6.98. The SMILES string of the molecule is CC1CC(=O)c2ccoc2S1. The van der Waals surface area contributed by atoms with Crippen molar-refractivity contribution < 1.29 is 9.21 Å². The summed E-state index contributed by atoms with van der Waals surface area (Å²) in [5.74, 6) is 0.208. The van der Waals surface area contributed by atoms with Gasteiger partial charge in [-0.2, -0.15) is 0 Å². The standard InChI is InChI=1S/C8H8O2S/c1-5-4-7(9)6-2-3-10-8(6)11-5/h2-3,5H,4H2,1H3. The van der Waals surface area contributed by atoms with E-state index in [0.717, 1.165) is 10.7 Å². The zero-order chi connectivity index (χ0) is 7.84. The van der Waals surface area contributed by atoms with E-state index in [1.807, 2.05) is 6.92 Å². The molecule has 1 aromatic rings. The van der Waals surface area contributed by atoms with Crippen molar-refractivity contribution in [2.45, 2.75) is 23.7 Å². The normalized spacial score (nSPS) is 23.4. The average molecular weight is 168 g/mol. The highest BCUT2D eigenvalue weighted by molar-refractivity contribution is 8.00. The van der Waals surface area contributed by atoms with Crippen molar-refractivity contribution in [3.8, 4) is 0 Å². The Hall–Kier alpha value is -0.700. The Kier molecular flexibility index (Phi) is 1.53. The van der Waals surface area contributed by atoms with Gasteiger partial charge in [0.25, 0.3) is 0 Å². The van der Waals surface area contributed by atoms with Gasteiger partial charge >= 0.3 is 0 Å². The summed E-state index contributed by atoms with van der Waals surface area (Å²) in [7, 11) is 0. The van der Waals surface area contributed by atoms with Crippen LogP contribution >= 0.6 is 11.8 Å². The van der Waals surface area contributed by atoms with Crippen molar-refractivity contribution in [2.75, 3.05) is 0 Å². The molecule has 1 aromatic heterocycles. The molecular formula is C8H8O2S. The minimum Gasteiger partial charge on any atom is -0.457 e. The summed E-state index contributed by atoms with van der Waals surface area (Å²) < 4.78 is 5.14. The molecule has 2 nitrogen and oxygen atoms in total. The molecule has 0 aromatic carbocycles. The van der Waals surface area contributed by atoms with Gasteiger partial charge < -0.3 is 4.42 Å². The molecule has 0 saturated carbocycles. The Morgan fingerprint density at radius 3 is 3.36 bits per heavy atom. The molecule has 3 heteroatoms. The highest BCUT2D eigenvalue weighted by atomic mass is 32.2. The smallest absolute Gasteiger partial charge is 0.171 e. The van der Waals surface area contributed by atoms with Crippen LogP contribution in [-0.2, 0) is 0 Å². The van der Waals surface area contributed by atoms with Crippen LogP contribution in [0.15, 0.2) is 21.8 Å². The fraction of sp³-hybridized carbons (Fsp3) is 0.375. The Morgan fingerprint density at radius 1 is 1.73 bits per heavy atom. The highest BCUT2D eigenvalue weighted by Gasteiger charge is 2.24. The van der Waals surface area contributed by atoms with E-state index in [4.69, 9.17) is 4.42 Å². The van der Waals surface area contributed by atoms with Crippen molar-refractivity contribution >= 4 is 17.5 Å². The second kappa shape index (κ2) is 2.41. The number of furan rings is 1. The van der Waals surface area contributed by atoms with Crippen LogP contribution in [0, 0.1) is 0 Å². The number of hydrogen-bond donors (Lipinski definition) is 0. The topological polar surface area (TPSA) is 30.2 Å². The molecule has 0 spiro atoms. The van der Waals surface area contributed by atoms with E-state index in [2.05, 4.69) is 0 Å². The van der Waals surface area contributed by atoms with Gasteiger partial charge in [0, 0.05) is 11.7 Å². The van der Waals surface area contributed by atoms with Crippen LogP contribution in [0.1, 0.15) is 23.7 Å². The maximum absolute atomic E-state index is 11.3. The van der Waals surface area contributed by atoms with E-state index in [-0.39, 0.29) is 5.78 Å². The van der Waals surface area contributed by atoms with Crippen LogP contribution in [0.5, 0.6) is 0 Å². The number of hydrogen-bond acceptors (Lipinski definition) is 3. The lowest BCUT2D eigenvalue weighted by Crippen LogP contribution is -2.12. The fourth-order valence-corrected chi connectivity index (χ4v) is 2.21. The second-order valence-electron chi connectivity index (χ2n) is 2.68. The lowest BCUT2D eigenvalue weighted by molar-refractivity contribution is 0.0975. The van der Waals surface area contributed by atoms with Crippen molar-refractivity contribution in [3.05, 3.63) is 17.9 Å². The number of carbonyl (C=O) groups excluding carboxylic acids is 1. The maximum atomic E-state index is 11.3. The van der Waals surface area contributed by atoms with E-state index in [9.17, 15) is 4.79 Å². The summed E-state index contributed by atoms with van der Waals surface area (Å²) in [6.45, 7) is 2.04. The molecule has 11 heavy (non-hydrogen) atoms. The summed E-state index contributed by atoms with van der Waals surface area (Å²) in [6.07, 6.45) is 2.21. The molecule has 0 aliphatic carbocycles. The van der Waals surface area contributed by atoms with Gasteiger partial charge in [0.15, 0.2) is 10.9 Å². The van der Waals surface area contributed by atoms with Gasteiger partial charge in [0.2, 0.25) is 0 Å². The summed E-state index contributed by atoms with van der Waals surface area (Å²) in [5.41, 5.74) is 0.758. The van der Waals surface area contributed by atoms with Gasteiger partial charge in [-0.15, -0.1) is 0 Å². The number of thioether (sulfide) groups is 1. The molecule has 2 heterocycles. The molecule has 2 rings (SSSR count). The number of Topliss-reactive ketones (excluding diaryl/α,β-unsaturated/α-hetero) is 1. The third-order valence-electron chi connectivity index (χ3n) is 1.71. The van der Waals surface area contributed by atoms with Gasteiger partial charge in [-0.1, -0.05) is 18.7 Å². The highest BCUT2D eigenvalue weighted by Crippen LogP contribution is 2.35. The average Bonchev–Trinajstić information content (AvgIpc) is 2.34. The second-order valence-corrected chi connectivity index (χ2v) is 4.09. The van der Waals surface area contributed by atoms with Crippen LogP contribution < -0.4 is 0 Å². The monoisotopic (exact) mass is 168 g/mol. The van der Waals surface area contributed by atoms with E-state index in [1.165, 1.54) is 0 Å². The van der Waals surface area contributed by atoms with E-state index in [1.54, 1.807) is 24.1 Å². The van der Waals surface area contributed by atoms with Crippen molar-refractivity contribution in [1.82, 2.24) is 0 Å². The van der Waals surface area contributed by atoms with Crippen molar-refractivity contribution in [1.29, 1.82) is 0 Å². The molecule has 1 unspecified atom stereocenters. The Morgan fingerprint density at radius 2 is 2.55 bits per heavy atom. The van der Waals surface area contributed by atoms with Gasteiger partial charge in [-0.25, -0.2) is 0 Å². The van der Waals surface area contributed by atoms with Crippen molar-refractivity contribution in [2.24, 2.45) is 0 Å². The van der Waals surface area contributed by atoms with Crippen LogP contribution in [0.2, 0.25) is 0 Å². The molecule has 0 saturated heterocycles. The number of fused-ring (bicyclic) bond motifs is 1. The quantitative estimate of drug-likeness (QED) is 0.595. The first-order valence-corrected chi connectivity index (χ1v) is 4.42. The van der Waals surface area contributed by atoms with Gasteiger partial charge in [0.1, 0.15) is 0 Å². The molecule has 1 aliphatic heterocycles. The summed E-state index contributed by atoms with van der Waals surface area (Å²) in [6, 6.07) is 1.75. The minimum absolute atomic E-state index is 0.208. The molecule has 1 aliphatic rings. The first-order valence-electron chi connectivity index (χ1n) is 3.54. The Balaban J connectivity index is 2.44. The predicted molar refractivity (Wildman–Crippen MR) is 43.0 cm³/mol. The van der Waals surface area contributed by atoms with Crippen LogP contribution in [0.3, 0.4) is 0 Å². The maximum Gasteiger partial charge on any atom is 0.171 e. The van der Waals surface area contributed by atoms with Gasteiger partial charge in [-0.05, 0) is 6.07 Å². The molecular weight excluding hydrogens is 160 g/mol. The fourth-order valence-electron chi connectivity index (χ4n) is 1.19. The number of carbonyl (C=O) groups is 1. The zero-order valence-electron chi connectivity index (χ0n) is 6.16. The lowest BCUT2D eigenvalue weighted by Gasteiger charge is -2.14. The number of ketones is 1.